The number of ketones is 1. The van der Waals surface area contributed by atoms with Gasteiger partial charge >= 0.3 is 12.0 Å². The van der Waals surface area contributed by atoms with Crippen LogP contribution in [-0.2, 0) is 11.2 Å². The summed E-state index contributed by atoms with van der Waals surface area (Å²) in [4.78, 5) is 38.0. The van der Waals surface area contributed by atoms with Crippen LogP contribution in [0.2, 0.25) is 0 Å². The second-order valence-electron chi connectivity index (χ2n) is 9.26. The fourth-order valence-electron chi connectivity index (χ4n) is 4.43. The molecule has 0 spiro atoms. The lowest BCUT2D eigenvalue weighted by molar-refractivity contribution is -0.144. The topological polar surface area (TPSA) is 117 Å². The molecule has 0 aliphatic carbocycles. The lowest BCUT2D eigenvalue weighted by Gasteiger charge is -2.29. The number of carboxylic acid groups (broad SMARTS) is 1. The zero-order valence-electron chi connectivity index (χ0n) is 21.7. The van der Waals surface area contributed by atoms with Crippen LogP contribution in [-0.4, -0.2) is 54.0 Å². The highest BCUT2D eigenvalue weighted by Gasteiger charge is 2.47. The van der Waals surface area contributed by atoms with Crippen LogP contribution >= 0.6 is 0 Å². The number of benzene rings is 3. The third-order valence-electron chi connectivity index (χ3n) is 6.63. The number of hydrogen-bond donors (Lipinski definition) is 3. The van der Waals surface area contributed by atoms with Crippen molar-refractivity contribution >= 4 is 29.2 Å². The number of Topliss-reactive ketones (excluding diaryl/α,β-unsaturated/α-hetero) is 1. The Bertz CT molecular complexity index is 1360. The van der Waals surface area contributed by atoms with Crippen LogP contribution in [0.1, 0.15) is 34.3 Å². The van der Waals surface area contributed by atoms with E-state index >= 15 is 4.39 Å². The summed E-state index contributed by atoms with van der Waals surface area (Å²) in [7, 11) is 1.45. The summed E-state index contributed by atoms with van der Waals surface area (Å²) in [6, 6.07) is 17.6. The molecule has 0 radical (unpaired) electrons. The molecule has 0 bridgehead atoms. The molecule has 0 saturated carbocycles. The molecule has 2 amide bonds. The van der Waals surface area contributed by atoms with Crippen LogP contribution in [0.15, 0.2) is 66.7 Å². The van der Waals surface area contributed by atoms with Crippen molar-refractivity contribution in [2.75, 3.05) is 31.0 Å². The minimum Gasteiger partial charge on any atom is -0.495 e. The van der Waals surface area contributed by atoms with E-state index in [9.17, 15) is 14.4 Å². The number of ether oxygens (including phenoxy) is 2. The Morgan fingerprint density at radius 1 is 1.03 bits per heavy atom. The Morgan fingerprint density at radius 3 is 2.44 bits per heavy atom. The van der Waals surface area contributed by atoms with Crippen molar-refractivity contribution in [3.63, 3.8) is 0 Å². The molecule has 1 atom stereocenters. The van der Waals surface area contributed by atoms with Crippen molar-refractivity contribution in [1.82, 2.24) is 4.90 Å². The van der Waals surface area contributed by atoms with Gasteiger partial charge in [-0.25, -0.2) is 18.9 Å². The summed E-state index contributed by atoms with van der Waals surface area (Å²) in [6.45, 7) is 2.07. The molecule has 0 unspecified atom stereocenters. The highest BCUT2D eigenvalue weighted by molar-refractivity contribution is 6.01. The predicted octanol–water partition coefficient (Wildman–Crippen LogP) is 5.26. The van der Waals surface area contributed by atoms with Gasteiger partial charge in [0.2, 0.25) is 5.79 Å². The van der Waals surface area contributed by atoms with E-state index in [1.807, 2.05) is 25.1 Å². The first-order valence-electron chi connectivity index (χ1n) is 12.4. The van der Waals surface area contributed by atoms with E-state index in [1.54, 1.807) is 24.3 Å². The van der Waals surface area contributed by atoms with Gasteiger partial charge in [0, 0.05) is 25.1 Å². The number of aromatic carboxylic acids is 1. The molecule has 204 valence electrons. The molecular formula is C29H30FN3O6. The van der Waals surface area contributed by atoms with Gasteiger partial charge in [0.1, 0.15) is 18.2 Å². The van der Waals surface area contributed by atoms with Gasteiger partial charge < -0.3 is 25.2 Å². The molecule has 1 aliphatic rings. The van der Waals surface area contributed by atoms with Crippen molar-refractivity contribution in [3.05, 3.63) is 83.4 Å². The number of alkyl halides is 1. The van der Waals surface area contributed by atoms with Crippen molar-refractivity contribution in [1.29, 1.82) is 0 Å². The van der Waals surface area contributed by atoms with E-state index in [2.05, 4.69) is 10.6 Å². The average Bonchev–Trinajstić information content (AvgIpc) is 3.31. The number of amides is 2. The van der Waals surface area contributed by atoms with Crippen molar-refractivity contribution in [2.24, 2.45) is 0 Å². The zero-order valence-corrected chi connectivity index (χ0v) is 21.7. The first-order chi connectivity index (χ1) is 18.7. The summed E-state index contributed by atoms with van der Waals surface area (Å²) in [5.41, 5.74) is 2.64. The monoisotopic (exact) mass is 535 g/mol. The number of halogens is 1. The van der Waals surface area contributed by atoms with Gasteiger partial charge in [0.15, 0.2) is 5.78 Å². The summed E-state index contributed by atoms with van der Waals surface area (Å²) in [5, 5.41) is 14.5. The second kappa shape index (κ2) is 12.0. The lowest BCUT2D eigenvalue weighted by atomic mass is 9.99. The number of para-hydroxylation sites is 1. The fraction of sp³-hybridized carbons (Fsp3) is 0.276. The number of anilines is 2. The minimum absolute atomic E-state index is 0.0446. The highest BCUT2D eigenvalue weighted by Crippen LogP contribution is 2.34. The molecule has 1 saturated heterocycles. The number of carbonyl (C=O) groups excluding carboxylic acids is 2. The smallest absolute Gasteiger partial charge is 0.335 e. The van der Waals surface area contributed by atoms with Gasteiger partial charge in [-0.15, -0.1) is 0 Å². The van der Waals surface area contributed by atoms with E-state index in [-0.39, 0.29) is 25.1 Å². The molecule has 39 heavy (non-hydrogen) atoms. The minimum atomic E-state index is -2.20. The Hall–Kier alpha value is -4.44. The molecule has 3 aromatic carbocycles. The van der Waals surface area contributed by atoms with E-state index in [1.165, 1.54) is 36.3 Å². The van der Waals surface area contributed by atoms with Crippen LogP contribution in [0.4, 0.5) is 20.6 Å². The molecule has 9 nitrogen and oxygen atoms in total. The first kappa shape index (κ1) is 27.6. The summed E-state index contributed by atoms with van der Waals surface area (Å²) in [6.07, 6.45) is 0.362. The van der Waals surface area contributed by atoms with Gasteiger partial charge in [-0.1, -0.05) is 24.3 Å². The van der Waals surface area contributed by atoms with Gasteiger partial charge in [0.25, 0.3) is 0 Å². The number of rotatable bonds is 10. The van der Waals surface area contributed by atoms with Gasteiger partial charge in [-0.3, -0.25) is 4.79 Å². The van der Waals surface area contributed by atoms with E-state index in [0.717, 1.165) is 5.56 Å². The number of likely N-dealkylation sites (tertiary alicyclic amines) is 1. The van der Waals surface area contributed by atoms with Gasteiger partial charge in [0.05, 0.1) is 18.4 Å². The lowest BCUT2D eigenvalue weighted by Crippen LogP contribution is -2.49. The highest BCUT2D eigenvalue weighted by atomic mass is 19.1. The Morgan fingerprint density at radius 2 is 1.74 bits per heavy atom. The molecular weight excluding hydrogens is 505 g/mol. The first-order valence-corrected chi connectivity index (χ1v) is 12.4. The van der Waals surface area contributed by atoms with Crippen molar-refractivity contribution in [3.8, 4) is 11.5 Å². The standard InChI is InChI=1S/C29H30FN3O6/c1-19-6-3-4-7-23(19)31-28(37)32-24-13-8-20(16-25(24)38-2)17-26(34)29(30)14-5-15-33(29)18-39-22-11-9-21(10-12-22)27(35)36/h3-4,6-13,16H,5,14-15,17-18H2,1-2H3,(H,35,36)(H2,31,32,37)/t29-/m1/s1. The number of carbonyl (C=O) groups is 3. The van der Waals surface area contributed by atoms with Crippen LogP contribution in [0, 0.1) is 6.92 Å². The van der Waals surface area contributed by atoms with Crippen LogP contribution in [0.5, 0.6) is 11.5 Å². The SMILES string of the molecule is COc1cc(CC(=O)[C@@]2(F)CCCN2COc2ccc(C(=O)O)cc2)ccc1NC(=O)Nc1ccccc1C. The number of nitrogens with one attached hydrogen (secondary N) is 2. The fourth-order valence-corrected chi connectivity index (χ4v) is 4.43. The predicted molar refractivity (Wildman–Crippen MR) is 144 cm³/mol. The van der Waals surface area contributed by atoms with E-state index < -0.39 is 23.6 Å². The van der Waals surface area contributed by atoms with Crippen molar-refractivity contribution in [2.45, 2.75) is 32.0 Å². The average molecular weight is 536 g/mol. The molecule has 0 aromatic heterocycles. The number of carboxylic acids is 1. The van der Waals surface area contributed by atoms with Crippen LogP contribution in [0.3, 0.4) is 0 Å². The third kappa shape index (κ3) is 6.53. The normalized spacial score (nSPS) is 16.9. The van der Waals surface area contributed by atoms with Crippen LogP contribution in [0.25, 0.3) is 0 Å². The molecule has 10 heteroatoms. The quantitative estimate of drug-likeness (QED) is 0.303. The second-order valence-corrected chi connectivity index (χ2v) is 9.26. The zero-order chi connectivity index (χ0) is 28.0. The molecule has 3 N–H and O–H groups in total. The third-order valence-corrected chi connectivity index (χ3v) is 6.63. The van der Waals surface area contributed by atoms with Crippen LogP contribution < -0.4 is 20.1 Å². The largest absolute Gasteiger partial charge is 0.495 e. The maximum Gasteiger partial charge on any atom is 0.335 e. The molecule has 4 rings (SSSR count). The number of hydrogen-bond acceptors (Lipinski definition) is 6. The van der Waals surface area contributed by atoms with E-state index in [0.29, 0.717) is 41.4 Å². The van der Waals surface area contributed by atoms with Crippen molar-refractivity contribution < 1.29 is 33.4 Å². The maximum absolute atomic E-state index is 15.9. The molecule has 1 aliphatic heterocycles. The number of methoxy groups -OCH3 is 1. The summed E-state index contributed by atoms with van der Waals surface area (Å²) >= 11 is 0. The Balaban J connectivity index is 1.38. The summed E-state index contributed by atoms with van der Waals surface area (Å²) in [5.74, 6) is -3.14. The molecule has 1 heterocycles. The van der Waals surface area contributed by atoms with Gasteiger partial charge in [-0.2, -0.15) is 0 Å². The molecule has 1 fully saturated rings. The number of nitrogens with zero attached hydrogens (tertiary/aromatic N) is 1. The maximum atomic E-state index is 15.9. The van der Waals surface area contributed by atoms with E-state index in [4.69, 9.17) is 14.6 Å². The molecule has 3 aromatic rings. The Labute approximate surface area is 225 Å². The van der Waals surface area contributed by atoms with Gasteiger partial charge in [-0.05, 0) is 66.9 Å². The summed E-state index contributed by atoms with van der Waals surface area (Å²) < 4.78 is 27.0. The number of aryl methyl sites for hydroxylation is 1. The Kier molecular flexibility index (Phi) is 8.46. The number of urea groups is 1.